The van der Waals surface area contributed by atoms with E-state index >= 15 is 0 Å². The predicted octanol–water partition coefficient (Wildman–Crippen LogP) is 2.84. The number of carbonyl (C=O) groups excluding carboxylic acids is 1. The number of benzene rings is 1. The van der Waals surface area contributed by atoms with Crippen LogP contribution in [0.4, 0.5) is 0 Å². The Morgan fingerprint density at radius 2 is 1.96 bits per heavy atom. The van der Waals surface area contributed by atoms with Crippen molar-refractivity contribution in [2.24, 2.45) is 0 Å². The van der Waals surface area contributed by atoms with Gasteiger partial charge in [-0.05, 0) is 46.8 Å². The Labute approximate surface area is 143 Å². The Bertz CT molecular complexity index is 742. The van der Waals surface area contributed by atoms with E-state index in [9.17, 15) is 9.59 Å². The van der Waals surface area contributed by atoms with Gasteiger partial charge in [0.05, 0.1) is 0 Å². The van der Waals surface area contributed by atoms with Crippen LogP contribution in [0.1, 0.15) is 18.4 Å². The molecule has 2 heterocycles. The molecule has 0 spiro atoms. The van der Waals surface area contributed by atoms with Gasteiger partial charge in [-0.1, -0.05) is 30.3 Å². The zero-order chi connectivity index (χ0) is 16.2. The molecule has 1 unspecified atom stereocenters. The molecule has 23 heavy (non-hydrogen) atoms. The molecular weight excluding hydrogens is 356 g/mol. The highest BCUT2D eigenvalue weighted by Gasteiger charge is 2.28. The third kappa shape index (κ3) is 3.91. The average molecular weight is 375 g/mol. The number of rotatable bonds is 4. The summed E-state index contributed by atoms with van der Waals surface area (Å²) in [6, 6.07) is 13.6. The first-order valence-corrected chi connectivity index (χ1v) is 8.62. The van der Waals surface area contributed by atoms with Crippen molar-refractivity contribution in [1.29, 1.82) is 0 Å². The van der Waals surface area contributed by atoms with E-state index in [0.29, 0.717) is 0 Å². The first kappa shape index (κ1) is 16.0. The van der Waals surface area contributed by atoms with Gasteiger partial charge in [0, 0.05) is 29.3 Å². The molecule has 1 amide bonds. The number of amides is 1. The molecule has 0 radical (unpaired) electrons. The van der Waals surface area contributed by atoms with E-state index in [1.165, 1.54) is 16.2 Å². The van der Waals surface area contributed by atoms with Gasteiger partial charge in [-0.2, -0.15) is 0 Å². The lowest BCUT2D eigenvalue weighted by molar-refractivity contribution is -0.132. The molecule has 4 nitrogen and oxygen atoms in total. The highest BCUT2D eigenvalue weighted by Crippen LogP contribution is 2.21. The van der Waals surface area contributed by atoms with Crippen LogP contribution in [0.15, 0.2) is 57.9 Å². The van der Waals surface area contributed by atoms with E-state index < -0.39 is 0 Å². The first-order valence-electron chi connectivity index (χ1n) is 7.83. The third-order valence-corrected chi connectivity index (χ3v) is 4.73. The van der Waals surface area contributed by atoms with E-state index in [-0.39, 0.29) is 24.1 Å². The molecule has 1 atom stereocenters. The van der Waals surface area contributed by atoms with Crippen LogP contribution in [0.5, 0.6) is 0 Å². The number of halogens is 1. The van der Waals surface area contributed by atoms with Crippen LogP contribution >= 0.6 is 15.9 Å². The summed E-state index contributed by atoms with van der Waals surface area (Å²) in [6.45, 7) is 0.878. The molecule has 1 aromatic carbocycles. The molecule has 0 aliphatic carbocycles. The van der Waals surface area contributed by atoms with Crippen LogP contribution < -0.4 is 5.56 Å². The van der Waals surface area contributed by atoms with Crippen molar-refractivity contribution in [1.82, 2.24) is 9.47 Å². The van der Waals surface area contributed by atoms with Crippen molar-refractivity contribution < 1.29 is 4.79 Å². The third-order valence-electron chi connectivity index (χ3n) is 4.26. The van der Waals surface area contributed by atoms with Gasteiger partial charge >= 0.3 is 0 Å². The Morgan fingerprint density at radius 3 is 2.74 bits per heavy atom. The molecule has 120 valence electrons. The molecule has 0 N–H and O–H groups in total. The Balaban J connectivity index is 1.71. The topological polar surface area (TPSA) is 42.3 Å². The molecule has 0 bridgehead atoms. The molecule has 2 aromatic rings. The molecule has 5 heteroatoms. The van der Waals surface area contributed by atoms with Gasteiger partial charge in [-0.3, -0.25) is 9.59 Å². The summed E-state index contributed by atoms with van der Waals surface area (Å²) < 4.78 is 2.26. The van der Waals surface area contributed by atoms with Crippen molar-refractivity contribution in [3.05, 3.63) is 69.1 Å². The van der Waals surface area contributed by atoms with Gasteiger partial charge in [0.25, 0.3) is 5.56 Å². The number of aromatic nitrogens is 1. The van der Waals surface area contributed by atoms with Gasteiger partial charge in [0.1, 0.15) is 6.54 Å². The second-order valence-corrected chi connectivity index (χ2v) is 6.80. The molecule has 0 saturated carbocycles. The minimum Gasteiger partial charge on any atom is -0.338 e. The quantitative estimate of drug-likeness (QED) is 0.825. The van der Waals surface area contributed by atoms with E-state index in [4.69, 9.17) is 0 Å². The largest absolute Gasteiger partial charge is 0.338 e. The fourth-order valence-electron chi connectivity index (χ4n) is 3.12. The second-order valence-electron chi connectivity index (χ2n) is 5.89. The molecule has 1 saturated heterocycles. The summed E-state index contributed by atoms with van der Waals surface area (Å²) in [7, 11) is 0. The zero-order valence-electron chi connectivity index (χ0n) is 12.8. The number of pyridine rings is 1. The van der Waals surface area contributed by atoms with Gasteiger partial charge in [0.2, 0.25) is 5.91 Å². The smallest absolute Gasteiger partial charge is 0.251 e. The second kappa shape index (κ2) is 7.13. The van der Waals surface area contributed by atoms with E-state index in [1.54, 1.807) is 12.3 Å². The van der Waals surface area contributed by atoms with Crippen molar-refractivity contribution in [2.75, 3.05) is 6.54 Å². The SMILES string of the molecule is O=C(Cn1cc(Br)ccc1=O)N1CCCC1Cc1ccccc1. The van der Waals surface area contributed by atoms with Gasteiger partial charge in [-0.15, -0.1) is 0 Å². The molecule has 1 aliphatic heterocycles. The summed E-state index contributed by atoms with van der Waals surface area (Å²) in [4.78, 5) is 26.4. The Morgan fingerprint density at radius 1 is 1.17 bits per heavy atom. The van der Waals surface area contributed by atoms with Gasteiger partial charge in [-0.25, -0.2) is 0 Å². The van der Waals surface area contributed by atoms with Gasteiger partial charge in [0.15, 0.2) is 0 Å². The fourth-order valence-corrected chi connectivity index (χ4v) is 3.50. The van der Waals surface area contributed by atoms with Crippen LogP contribution in [-0.2, 0) is 17.8 Å². The normalized spacial score (nSPS) is 17.4. The number of nitrogens with zero attached hydrogens (tertiary/aromatic N) is 2. The average Bonchev–Trinajstić information content (AvgIpc) is 3.00. The van der Waals surface area contributed by atoms with E-state index in [2.05, 4.69) is 28.1 Å². The van der Waals surface area contributed by atoms with Crippen LogP contribution in [0.2, 0.25) is 0 Å². The minimum atomic E-state index is -0.152. The number of likely N-dealkylation sites (tertiary alicyclic amines) is 1. The lowest BCUT2D eigenvalue weighted by Gasteiger charge is -2.25. The van der Waals surface area contributed by atoms with Crippen molar-refractivity contribution >= 4 is 21.8 Å². The summed E-state index contributed by atoms with van der Waals surface area (Å²) >= 11 is 3.34. The summed E-state index contributed by atoms with van der Waals surface area (Å²) in [5.41, 5.74) is 1.09. The molecule has 3 rings (SSSR count). The van der Waals surface area contributed by atoms with Crippen LogP contribution in [0, 0.1) is 0 Å². The van der Waals surface area contributed by atoms with Gasteiger partial charge < -0.3 is 9.47 Å². The maximum atomic E-state index is 12.6. The minimum absolute atomic E-state index is 0.0173. The maximum Gasteiger partial charge on any atom is 0.251 e. The highest BCUT2D eigenvalue weighted by atomic mass is 79.9. The van der Waals surface area contributed by atoms with Crippen LogP contribution in [0.3, 0.4) is 0 Å². The standard InChI is InChI=1S/C18H19BrN2O2/c19-15-8-9-17(22)20(12-15)13-18(23)21-10-4-7-16(21)11-14-5-2-1-3-6-14/h1-3,5-6,8-9,12,16H,4,7,10-11,13H2. The monoisotopic (exact) mass is 374 g/mol. The molecule has 1 aromatic heterocycles. The fraction of sp³-hybridized carbons (Fsp3) is 0.333. The molecule has 1 aliphatic rings. The maximum absolute atomic E-state index is 12.6. The van der Waals surface area contributed by atoms with E-state index in [1.807, 2.05) is 23.1 Å². The molecular formula is C18H19BrN2O2. The number of carbonyl (C=O) groups is 1. The number of hydrogen-bond donors (Lipinski definition) is 0. The summed E-state index contributed by atoms with van der Waals surface area (Å²) in [6.07, 6.45) is 4.59. The zero-order valence-corrected chi connectivity index (χ0v) is 14.4. The van der Waals surface area contributed by atoms with E-state index in [0.717, 1.165) is 30.3 Å². The lowest BCUT2D eigenvalue weighted by Crippen LogP contribution is -2.40. The number of hydrogen-bond acceptors (Lipinski definition) is 2. The van der Waals surface area contributed by atoms with Crippen molar-refractivity contribution in [2.45, 2.75) is 31.8 Å². The molecule has 1 fully saturated rings. The Kier molecular flexibility index (Phi) is 4.96. The summed E-state index contributed by atoms with van der Waals surface area (Å²) in [5, 5.41) is 0. The summed E-state index contributed by atoms with van der Waals surface area (Å²) in [5.74, 6) is 0.0173. The van der Waals surface area contributed by atoms with Crippen LogP contribution in [-0.4, -0.2) is 28.0 Å². The predicted molar refractivity (Wildman–Crippen MR) is 93.3 cm³/mol. The van der Waals surface area contributed by atoms with Crippen molar-refractivity contribution in [3.8, 4) is 0 Å². The highest BCUT2D eigenvalue weighted by molar-refractivity contribution is 9.10. The first-order chi connectivity index (χ1) is 11.1. The Hall–Kier alpha value is -1.88. The lowest BCUT2D eigenvalue weighted by atomic mass is 10.0. The van der Waals surface area contributed by atoms with Crippen LogP contribution in [0.25, 0.3) is 0 Å². The van der Waals surface area contributed by atoms with Crippen molar-refractivity contribution in [3.63, 3.8) is 0 Å².